The maximum absolute atomic E-state index is 12.2. The van der Waals surface area contributed by atoms with Crippen LogP contribution in [0.4, 0.5) is 0 Å². The molecular weight excluding hydrogens is 278 g/mol. The minimum absolute atomic E-state index is 0.0469. The first-order valence-corrected chi connectivity index (χ1v) is 7.59. The number of nitrogens with one attached hydrogen (secondary N) is 1. The lowest BCUT2D eigenvalue weighted by Gasteiger charge is -2.21. The molecule has 0 fully saturated rings. The predicted molar refractivity (Wildman–Crippen MR) is 87.5 cm³/mol. The third-order valence-electron chi connectivity index (χ3n) is 3.48. The number of aliphatic carboxylic acids is 1. The first-order chi connectivity index (χ1) is 10.4. The molecule has 4 nitrogen and oxygen atoms in total. The van der Waals surface area contributed by atoms with Gasteiger partial charge in [-0.1, -0.05) is 42.8 Å². The minimum Gasteiger partial charge on any atom is -0.481 e. The van der Waals surface area contributed by atoms with E-state index < -0.39 is 5.97 Å². The third-order valence-corrected chi connectivity index (χ3v) is 3.48. The second kappa shape index (κ2) is 9.03. The molecule has 2 N–H and O–H groups in total. The summed E-state index contributed by atoms with van der Waals surface area (Å²) in [5.74, 6) is -1.04. The topological polar surface area (TPSA) is 66.4 Å². The van der Waals surface area contributed by atoms with Crippen LogP contribution in [0.25, 0.3) is 0 Å². The van der Waals surface area contributed by atoms with Crippen molar-refractivity contribution in [2.75, 3.05) is 0 Å². The monoisotopic (exact) mass is 303 g/mol. The molecule has 2 unspecified atom stereocenters. The molecule has 2 atom stereocenters. The molecule has 0 heterocycles. The first kappa shape index (κ1) is 18.0. The van der Waals surface area contributed by atoms with Gasteiger partial charge in [-0.2, -0.15) is 0 Å². The zero-order valence-corrected chi connectivity index (χ0v) is 13.3. The van der Waals surface area contributed by atoms with Crippen molar-refractivity contribution >= 4 is 11.9 Å². The van der Waals surface area contributed by atoms with Gasteiger partial charge in [0, 0.05) is 18.4 Å². The van der Waals surface area contributed by atoms with Gasteiger partial charge in [0.15, 0.2) is 0 Å². The Labute approximate surface area is 132 Å². The van der Waals surface area contributed by atoms with Crippen molar-refractivity contribution in [1.29, 1.82) is 0 Å². The highest BCUT2D eigenvalue weighted by Crippen LogP contribution is 2.12. The van der Waals surface area contributed by atoms with Gasteiger partial charge in [-0.15, -0.1) is 6.58 Å². The molecule has 0 aliphatic heterocycles. The Morgan fingerprint density at radius 1 is 1.27 bits per heavy atom. The highest BCUT2D eigenvalue weighted by atomic mass is 16.4. The summed E-state index contributed by atoms with van der Waals surface area (Å²) in [4.78, 5) is 23.0. The van der Waals surface area contributed by atoms with Gasteiger partial charge in [0.1, 0.15) is 0 Å². The summed E-state index contributed by atoms with van der Waals surface area (Å²) in [5.41, 5.74) is 2.05. The molecule has 4 heteroatoms. The molecule has 1 aromatic rings. The van der Waals surface area contributed by atoms with Gasteiger partial charge in [-0.05, 0) is 31.7 Å². The van der Waals surface area contributed by atoms with Crippen molar-refractivity contribution in [3.05, 3.63) is 48.0 Å². The molecule has 0 spiro atoms. The number of allylic oxidation sites excluding steroid dienone is 1. The number of carbonyl (C=O) groups is 2. The maximum atomic E-state index is 12.2. The van der Waals surface area contributed by atoms with Crippen LogP contribution >= 0.6 is 0 Å². The molecule has 0 radical (unpaired) electrons. The first-order valence-electron chi connectivity index (χ1n) is 7.59. The smallest absolute Gasteiger partial charge is 0.303 e. The number of carboxylic acid groups (broad SMARTS) is 1. The van der Waals surface area contributed by atoms with Crippen LogP contribution in [0.2, 0.25) is 0 Å². The summed E-state index contributed by atoms with van der Waals surface area (Å²) < 4.78 is 0. The SMILES string of the molecule is C=C(C)CC(C)C(=O)NC(CCC(=O)O)Cc1ccccc1. The zero-order chi connectivity index (χ0) is 16.5. The zero-order valence-electron chi connectivity index (χ0n) is 13.3. The van der Waals surface area contributed by atoms with E-state index in [9.17, 15) is 9.59 Å². The van der Waals surface area contributed by atoms with E-state index in [0.717, 1.165) is 11.1 Å². The quantitative estimate of drug-likeness (QED) is 0.689. The fourth-order valence-electron chi connectivity index (χ4n) is 2.38. The molecular formula is C18H25NO3. The highest BCUT2D eigenvalue weighted by molar-refractivity contribution is 5.79. The van der Waals surface area contributed by atoms with Crippen LogP contribution in [0.15, 0.2) is 42.5 Å². The van der Waals surface area contributed by atoms with Crippen molar-refractivity contribution < 1.29 is 14.7 Å². The van der Waals surface area contributed by atoms with E-state index >= 15 is 0 Å². The molecule has 22 heavy (non-hydrogen) atoms. The van der Waals surface area contributed by atoms with Gasteiger partial charge >= 0.3 is 5.97 Å². The van der Waals surface area contributed by atoms with Crippen LogP contribution < -0.4 is 5.32 Å². The summed E-state index contributed by atoms with van der Waals surface area (Å²) in [6.07, 6.45) is 1.75. The number of benzene rings is 1. The molecule has 0 aromatic heterocycles. The Balaban J connectivity index is 2.66. The standard InChI is InChI=1S/C18H25NO3/c1-13(2)11-14(3)18(22)19-16(9-10-17(20)21)12-15-7-5-4-6-8-15/h4-8,14,16H,1,9-12H2,2-3H3,(H,19,22)(H,20,21). The van der Waals surface area contributed by atoms with Crippen molar-refractivity contribution in [3.63, 3.8) is 0 Å². The Morgan fingerprint density at radius 3 is 2.45 bits per heavy atom. The summed E-state index contributed by atoms with van der Waals surface area (Å²) in [6.45, 7) is 7.59. The van der Waals surface area contributed by atoms with E-state index in [2.05, 4.69) is 11.9 Å². The van der Waals surface area contributed by atoms with Crippen LogP contribution in [0.3, 0.4) is 0 Å². The van der Waals surface area contributed by atoms with Gasteiger partial charge in [-0.3, -0.25) is 9.59 Å². The van der Waals surface area contributed by atoms with E-state index in [-0.39, 0.29) is 24.3 Å². The molecule has 0 aliphatic carbocycles. The van der Waals surface area contributed by atoms with Crippen LogP contribution in [0, 0.1) is 5.92 Å². The molecule has 1 aromatic carbocycles. The normalized spacial score (nSPS) is 13.2. The van der Waals surface area contributed by atoms with Gasteiger partial charge in [0.25, 0.3) is 0 Å². The lowest BCUT2D eigenvalue weighted by Crippen LogP contribution is -2.39. The Hall–Kier alpha value is -2.10. The van der Waals surface area contributed by atoms with Crippen LogP contribution in [0.5, 0.6) is 0 Å². The van der Waals surface area contributed by atoms with Gasteiger partial charge in [-0.25, -0.2) is 0 Å². The molecule has 0 saturated heterocycles. The second-order valence-corrected chi connectivity index (χ2v) is 5.89. The summed E-state index contributed by atoms with van der Waals surface area (Å²) in [5, 5.41) is 11.8. The van der Waals surface area contributed by atoms with E-state index in [1.807, 2.05) is 44.2 Å². The van der Waals surface area contributed by atoms with E-state index in [1.54, 1.807) is 0 Å². The van der Waals surface area contributed by atoms with Crippen molar-refractivity contribution in [2.24, 2.45) is 5.92 Å². The fourth-order valence-corrected chi connectivity index (χ4v) is 2.38. The number of hydrogen-bond donors (Lipinski definition) is 2. The molecule has 1 amide bonds. The maximum Gasteiger partial charge on any atom is 0.303 e. The Kier molecular flexibility index (Phi) is 7.37. The Bertz CT molecular complexity index is 510. The number of carboxylic acids is 1. The van der Waals surface area contributed by atoms with E-state index in [4.69, 9.17) is 5.11 Å². The van der Waals surface area contributed by atoms with Crippen LogP contribution in [-0.4, -0.2) is 23.0 Å². The summed E-state index contributed by atoms with van der Waals surface area (Å²) >= 11 is 0. The number of hydrogen-bond acceptors (Lipinski definition) is 2. The average Bonchev–Trinajstić information content (AvgIpc) is 2.45. The van der Waals surface area contributed by atoms with Gasteiger partial charge < -0.3 is 10.4 Å². The predicted octanol–water partition coefficient (Wildman–Crippen LogP) is 3.18. The second-order valence-electron chi connectivity index (χ2n) is 5.89. The number of amides is 1. The average molecular weight is 303 g/mol. The van der Waals surface area contributed by atoms with E-state index in [1.165, 1.54) is 0 Å². The summed E-state index contributed by atoms with van der Waals surface area (Å²) in [7, 11) is 0. The molecule has 1 rings (SSSR count). The molecule has 120 valence electrons. The minimum atomic E-state index is -0.845. The van der Waals surface area contributed by atoms with Gasteiger partial charge in [0.2, 0.25) is 5.91 Å². The Morgan fingerprint density at radius 2 is 1.91 bits per heavy atom. The molecule has 0 bridgehead atoms. The summed E-state index contributed by atoms with van der Waals surface area (Å²) in [6, 6.07) is 9.61. The van der Waals surface area contributed by atoms with Gasteiger partial charge in [0.05, 0.1) is 0 Å². The molecule has 0 saturated carbocycles. The number of carbonyl (C=O) groups excluding carboxylic acids is 1. The van der Waals surface area contributed by atoms with E-state index in [0.29, 0.717) is 19.3 Å². The fraction of sp³-hybridized carbons (Fsp3) is 0.444. The molecule has 0 aliphatic rings. The van der Waals surface area contributed by atoms with Crippen molar-refractivity contribution in [1.82, 2.24) is 5.32 Å². The van der Waals surface area contributed by atoms with Crippen molar-refractivity contribution in [2.45, 2.75) is 45.6 Å². The van der Waals surface area contributed by atoms with Crippen LogP contribution in [-0.2, 0) is 16.0 Å². The highest BCUT2D eigenvalue weighted by Gasteiger charge is 2.19. The third kappa shape index (κ3) is 7.07. The lowest BCUT2D eigenvalue weighted by molar-refractivity contribution is -0.137. The van der Waals surface area contributed by atoms with Crippen LogP contribution in [0.1, 0.15) is 38.7 Å². The lowest BCUT2D eigenvalue weighted by atomic mass is 9.98. The largest absolute Gasteiger partial charge is 0.481 e. The number of rotatable bonds is 9. The van der Waals surface area contributed by atoms with Crippen molar-refractivity contribution in [3.8, 4) is 0 Å².